The summed E-state index contributed by atoms with van der Waals surface area (Å²) in [7, 11) is -3.95. The fourth-order valence-electron chi connectivity index (χ4n) is 2.18. The van der Waals surface area contributed by atoms with Crippen LogP contribution in [0.1, 0.15) is 19.4 Å². The van der Waals surface area contributed by atoms with Crippen molar-refractivity contribution in [2.24, 2.45) is 5.92 Å². The fourth-order valence-corrected chi connectivity index (χ4v) is 4.54. The molecule has 2 N–H and O–H groups in total. The van der Waals surface area contributed by atoms with Gasteiger partial charge in [0.1, 0.15) is 10.3 Å². The topological polar surface area (TPSA) is 75.3 Å². The summed E-state index contributed by atoms with van der Waals surface area (Å²) >= 11 is 0.974. The third-order valence-electron chi connectivity index (χ3n) is 3.48. The summed E-state index contributed by atoms with van der Waals surface area (Å²) < 4.78 is 66.1. The molecule has 1 atom stereocenters. The summed E-state index contributed by atoms with van der Waals surface area (Å²) in [5.74, 6) is -1.35. The molecule has 0 unspecified atom stereocenters. The van der Waals surface area contributed by atoms with Crippen LogP contribution in [0.2, 0.25) is 0 Å². The van der Waals surface area contributed by atoms with E-state index in [1.165, 1.54) is 18.2 Å². The molecule has 0 aliphatic heterocycles. The number of amides is 1. The van der Waals surface area contributed by atoms with E-state index in [0.29, 0.717) is 0 Å². The van der Waals surface area contributed by atoms with E-state index in [1.807, 2.05) is 0 Å². The number of carbonyl (C=O) groups is 1. The van der Waals surface area contributed by atoms with Crippen LogP contribution in [-0.2, 0) is 21.0 Å². The van der Waals surface area contributed by atoms with E-state index in [9.17, 15) is 26.4 Å². The Morgan fingerprint density at radius 1 is 1.12 bits per heavy atom. The Bertz CT molecular complexity index is 863. The number of para-hydroxylation sites is 1. The first-order chi connectivity index (χ1) is 12.0. The summed E-state index contributed by atoms with van der Waals surface area (Å²) in [6.07, 6.45) is -4.65. The van der Waals surface area contributed by atoms with Crippen molar-refractivity contribution in [1.29, 1.82) is 0 Å². The van der Waals surface area contributed by atoms with Crippen LogP contribution in [0.4, 0.5) is 18.9 Å². The van der Waals surface area contributed by atoms with E-state index in [0.717, 1.165) is 23.5 Å². The number of anilines is 1. The van der Waals surface area contributed by atoms with Crippen molar-refractivity contribution in [1.82, 2.24) is 4.72 Å². The van der Waals surface area contributed by atoms with Crippen molar-refractivity contribution >= 4 is 33.0 Å². The average molecular weight is 406 g/mol. The smallest absolute Gasteiger partial charge is 0.324 e. The molecule has 1 amide bonds. The molecular formula is C16H17F3N2O3S2. The van der Waals surface area contributed by atoms with Gasteiger partial charge in [-0.25, -0.2) is 8.42 Å². The van der Waals surface area contributed by atoms with Gasteiger partial charge in [-0.05, 0) is 29.5 Å². The summed E-state index contributed by atoms with van der Waals surface area (Å²) in [5, 5.41) is 3.75. The van der Waals surface area contributed by atoms with Gasteiger partial charge in [0.15, 0.2) is 0 Å². The molecule has 1 aromatic heterocycles. The van der Waals surface area contributed by atoms with Crippen molar-refractivity contribution in [2.45, 2.75) is 30.3 Å². The molecule has 0 fully saturated rings. The number of hydrogen-bond acceptors (Lipinski definition) is 4. The molecule has 1 heterocycles. The first kappa shape index (κ1) is 20.4. The predicted molar refractivity (Wildman–Crippen MR) is 93.3 cm³/mol. The van der Waals surface area contributed by atoms with Gasteiger partial charge in [0, 0.05) is 0 Å². The number of sulfonamides is 1. The van der Waals surface area contributed by atoms with Crippen molar-refractivity contribution < 1.29 is 26.4 Å². The Kier molecular flexibility index (Phi) is 6.09. The zero-order valence-corrected chi connectivity index (χ0v) is 15.5. The number of rotatable bonds is 6. The molecular weight excluding hydrogens is 389 g/mol. The molecule has 0 bridgehead atoms. The second-order valence-electron chi connectivity index (χ2n) is 5.81. The van der Waals surface area contributed by atoms with E-state index in [-0.39, 0.29) is 4.21 Å². The van der Waals surface area contributed by atoms with Crippen LogP contribution in [0.5, 0.6) is 0 Å². The van der Waals surface area contributed by atoms with Gasteiger partial charge in [0.05, 0.1) is 11.3 Å². The average Bonchev–Trinajstić information content (AvgIpc) is 3.07. The molecule has 0 aliphatic carbocycles. The summed E-state index contributed by atoms with van der Waals surface area (Å²) in [6.45, 7) is 3.19. The maximum Gasteiger partial charge on any atom is 0.418 e. The highest BCUT2D eigenvalue weighted by molar-refractivity contribution is 7.91. The van der Waals surface area contributed by atoms with Gasteiger partial charge < -0.3 is 5.32 Å². The third-order valence-corrected chi connectivity index (χ3v) is 6.32. The van der Waals surface area contributed by atoms with Gasteiger partial charge in [0.25, 0.3) is 10.0 Å². The molecule has 0 saturated heterocycles. The molecule has 0 spiro atoms. The Balaban J connectivity index is 2.26. The molecule has 0 saturated carbocycles. The lowest BCUT2D eigenvalue weighted by atomic mass is 10.0. The van der Waals surface area contributed by atoms with Crippen molar-refractivity contribution in [3.8, 4) is 0 Å². The first-order valence-corrected chi connectivity index (χ1v) is 9.91. The number of hydrogen-bond donors (Lipinski definition) is 2. The normalized spacial score (nSPS) is 13.6. The Morgan fingerprint density at radius 3 is 2.31 bits per heavy atom. The molecule has 2 aromatic rings. The van der Waals surface area contributed by atoms with Gasteiger partial charge in [-0.2, -0.15) is 17.9 Å². The number of carbonyl (C=O) groups excluding carboxylic acids is 1. The van der Waals surface area contributed by atoms with E-state index >= 15 is 0 Å². The highest BCUT2D eigenvalue weighted by Gasteiger charge is 2.35. The fraction of sp³-hybridized carbons (Fsp3) is 0.312. The van der Waals surface area contributed by atoms with Gasteiger partial charge in [-0.15, -0.1) is 11.3 Å². The Labute approximate surface area is 153 Å². The zero-order chi connectivity index (χ0) is 19.5. The molecule has 0 radical (unpaired) electrons. The van der Waals surface area contributed by atoms with Gasteiger partial charge in [-0.1, -0.05) is 32.0 Å². The van der Waals surface area contributed by atoms with Crippen LogP contribution in [0, 0.1) is 5.92 Å². The SMILES string of the molecule is CC(C)[C@H](NS(=O)(=O)c1cccs1)C(=O)Nc1ccccc1C(F)(F)F. The standard InChI is InChI=1S/C16H17F3N2O3S2/c1-10(2)14(21-26(23,24)13-8-5-9-25-13)15(22)20-12-7-4-3-6-11(12)16(17,18)19/h3-10,14,21H,1-2H3,(H,20,22)/t14-/m0/s1. The van der Waals surface area contributed by atoms with E-state index < -0.39 is 45.3 Å². The zero-order valence-electron chi connectivity index (χ0n) is 13.9. The highest BCUT2D eigenvalue weighted by Crippen LogP contribution is 2.34. The largest absolute Gasteiger partial charge is 0.418 e. The summed E-state index contributed by atoms with van der Waals surface area (Å²) in [5.41, 5.74) is -1.43. The monoisotopic (exact) mass is 406 g/mol. The van der Waals surface area contributed by atoms with Crippen molar-refractivity contribution in [3.05, 3.63) is 47.3 Å². The minimum Gasteiger partial charge on any atom is -0.324 e. The maximum absolute atomic E-state index is 13.1. The van der Waals surface area contributed by atoms with Crippen LogP contribution in [0.3, 0.4) is 0 Å². The minimum atomic E-state index is -4.65. The number of thiophene rings is 1. The van der Waals surface area contributed by atoms with Crippen LogP contribution < -0.4 is 10.0 Å². The third kappa shape index (κ3) is 4.83. The lowest BCUT2D eigenvalue weighted by Gasteiger charge is -2.22. The van der Waals surface area contributed by atoms with Crippen molar-refractivity contribution in [2.75, 3.05) is 5.32 Å². The number of halogens is 3. The highest BCUT2D eigenvalue weighted by atomic mass is 32.2. The quantitative estimate of drug-likeness (QED) is 0.768. The number of nitrogens with one attached hydrogen (secondary N) is 2. The lowest BCUT2D eigenvalue weighted by molar-refractivity contribution is -0.137. The second kappa shape index (κ2) is 7.77. The predicted octanol–water partition coefficient (Wildman–Crippen LogP) is 3.71. The van der Waals surface area contributed by atoms with E-state index in [4.69, 9.17) is 0 Å². The van der Waals surface area contributed by atoms with Gasteiger partial charge in [0.2, 0.25) is 5.91 Å². The van der Waals surface area contributed by atoms with Crippen LogP contribution in [0.25, 0.3) is 0 Å². The Morgan fingerprint density at radius 2 is 1.77 bits per heavy atom. The van der Waals surface area contributed by atoms with Crippen LogP contribution in [0.15, 0.2) is 46.0 Å². The molecule has 10 heteroatoms. The first-order valence-electron chi connectivity index (χ1n) is 7.55. The van der Waals surface area contributed by atoms with E-state index in [1.54, 1.807) is 25.3 Å². The lowest BCUT2D eigenvalue weighted by Crippen LogP contribution is -2.47. The molecule has 1 aromatic carbocycles. The number of benzene rings is 1. The van der Waals surface area contributed by atoms with Crippen molar-refractivity contribution in [3.63, 3.8) is 0 Å². The molecule has 0 aliphatic rings. The molecule has 5 nitrogen and oxygen atoms in total. The van der Waals surface area contributed by atoms with Gasteiger partial charge >= 0.3 is 6.18 Å². The summed E-state index contributed by atoms with van der Waals surface area (Å²) in [4.78, 5) is 12.5. The Hall–Kier alpha value is -1.91. The van der Waals surface area contributed by atoms with Crippen LogP contribution >= 0.6 is 11.3 Å². The minimum absolute atomic E-state index is 0.0200. The van der Waals surface area contributed by atoms with Crippen LogP contribution in [-0.4, -0.2) is 20.4 Å². The van der Waals surface area contributed by atoms with Gasteiger partial charge in [-0.3, -0.25) is 4.79 Å². The molecule has 26 heavy (non-hydrogen) atoms. The molecule has 2 rings (SSSR count). The summed E-state index contributed by atoms with van der Waals surface area (Å²) in [6, 6.07) is 6.21. The number of alkyl halides is 3. The second-order valence-corrected chi connectivity index (χ2v) is 8.70. The maximum atomic E-state index is 13.1. The molecule has 142 valence electrons. The van der Waals surface area contributed by atoms with E-state index in [2.05, 4.69) is 10.0 Å².